The van der Waals surface area contributed by atoms with Crippen LogP contribution in [-0.2, 0) is 4.79 Å². The molecule has 0 unspecified atom stereocenters. The Bertz CT molecular complexity index is 827. The van der Waals surface area contributed by atoms with Crippen molar-refractivity contribution < 1.29 is 4.79 Å². The van der Waals surface area contributed by atoms with Crippen molar-refractivity contribution in [3.05, 3.63) is 71.6 Å². The normalized spacial score (nSPS) is 12.2. The van der Waals surface area contributed by atoms with E-state index in [-0.39, 0.29) is 17.7 Å². The predicted molar refractivity (Wildman–Crippen MR) is 99.0 cm³/mol. The number of rotatable bonds is 5. The standard InChI is InChI=1S/C19H19ClN4O/c1-13(2)18(14-4-6-15(20)7-5-14)19(25)23-16-8-9-17(21-12-16)24-11-3-10-22-24/h3-13,18H,1-2H3,(H,23,25)/t18-/m1/s1. The Balaban J connectivity index is 1.76. The van der Waals surface area contributed by atoms with Crippen LogP contribution in [0.2, 0.25) is 5.02 Å². The number of nitrogens with one attached hydrogen (secondary N) is 1. The fourth-order valence-corrected chi connectivity index (χ4v) is 2.85. The van der Waals surface area contributed by atoms with Crippen LogP contribution in [0.15, 0.2) is 61.1 Å². The second-order valence-electron chi connectivity index (χ2n) is 6.12. The van der Waals surface area contributed by atoms with Gasteiger partial charge in [-0.2, -0.15) is 5.10 Å². The fourth-order valence-electron chi connectivity index (χ4n) is 2.73. The maximum atomic E-state index is 12.8. The van der Waals surface area contributed by atoms with Gasteiger partial charge in [-0.25, -0.2) is 9.67 Å². The molecule has 0 saturated heterocycles. The van der Waals surface area contributed by atoms with E-state index in [4.69, 9.17) is 11.6 Å². The highest BCUT2D eigenvalue weighted by Gasteiger charge is 2.24. The van der Waals surface area contributed by atoms with Gasteiger partial charge >= 0.3 is 0 Å². The molecule has 0 aliphatic rings. The zero-order valence-electron chi connectivity index (χ0n) is 14.1. The van der Waals surface area contributed by atoms with Crippen LogP contribution in [0.25, 0.3) is 5.82 Å². The molecule has 1 N–H and O–H groups in total. The molecular formula is C19H19ClN4O. The van der Waals surface area contributed by atoms with Crippen molar-refractivity contribution in [2.75, 3.05) is 5.32 Å². The van der Waals surface area contributed by atoms with Gasteiger partial charge in [0, 0.05) is 17.4 Å². The van der Waals surface area contributed by atoms with Crippen LogP contribution in [0.5, 0.6) is 0 Å². The molecule has 0 aliphatic heterocycles. The molecule has 0 radical (unpaired) electrons. The molecular weight excluding hydrogens is 336 g/mol. The van der Waals surface area contributed by atoms with E-state index in [9.17, 15) is 4.79 Å². The second-order valence-corrected chi connectivity index (χ2v) is 6.55. The van der Waals surface area contributed by atoms with E-state index in [2.05, 4.69) is 15.4 Å². The monoisotopic (exact) mass is 354 g/mol. The molecule has 0 bridgehead atoms. The first-order chi connectivity index (χ1) is 12.0. The summed E-state index contributed by atoms with van der Waals surface area (Å²) in [7, 11) is 0. The van der Waals surface area contributed by atoms with E-state index in [0.717, 1.165) is 5.56 Å². The van der Waals surface area contributed by atoms with Crippen LogP contribution in [0.4, 0.5) is 5.69 Å². The molecule has 0 fully saturated rings. The highest BCUT2D eigenvalue weighted by Crippen LogP contribution is 2.27. The van der Waals surface area contributed by atoms with Gasteiger partial charge < -0.3 is 5.32 Å². The fraction of sp³-hybridized carbons (Fsp3) is 0.211. The van der Waals surface area contributed by atoms with E-state index in [1.165, 1.54) is 0 Å². The quantitative estimate of drug-likeness (QED) is 0.743. The van der Waals surface area contributed by atoms with Crippen LogP contribution in [0.3, 0.4) is 0 Å². The molecule has 0 spiro atoms. The summed E-state index contributed by atoms with van der Waals surface area (Å²) in [5.74, 6) is 0.521. The van der Waals surface area contributed by atoms with E-state index in [1.807, 2.05) is 50.4 Å². The van der Waals surface area contributed by atoms with Gasteiger partial charge in [0.2, 0.25) is 5.91 Å². The lowest BCUT2D eigenvalue weighted by Crippen LogP contribution is -2.25. The Hall–Kier alpha value is -2.66. The van der Waals surface area contributed by atoms with Crippen molar-refractivity contribution in [2.24, 2.45) is 5.92 Å². The molecule has 0 saturated carbocycles. The number of carbonyl (C=O) groups is 1. The molecule has 6 heteroatoms. The molecule has 2 aromatic heterocycles. The molecule has 5 nitrogen and oxygen atoms in total. The van der Waals surface area contributed by atoms with Crippen molar-refractivity contribution in [2.45, 2.75) is 19.8 Å². The minimum absolute atomic E-state index is 0.0639. The third kappa shape index (κ3) is 4.06. The smallest absolute Gasteiger partial charge is 0.232 e. The predicted octanol–water partition coefficient (Wildman–Crippen LogP) is 4.30. The van der Waals surface area contributed by atoms with Gasteiger partial charge in [0.1, 0.15) is 0 Å². The summed E-state index contributed by atoms with van der Waals surface area (Å²) in [5.41, 5.74) is 1.60. The minimum Gasteiger partial charge on any atom is -0.324 e. The van der Waals surface area contributed by atoms with Gasteiger partial charge in [0.05, 0.1) is 17.8 Å². The molecule has 25 heavy (non-hydrogen) atoms. The molecule has 0 aliphatic carbocycles. The Labute approximate surface area is 151 Å². The number of aromatic nitrogens is 3. The van der Waals surface area contributed by atoms with Crippen LogP contribution in [0.1, 0.15) is 25.3 Å². The average Bonchev–Trinajstić information content (AvgIpc) is 3.12. The summed E-state index contributed by atoms with van der Waals surface area (Å²) >= 11 is 5.95. The summed E-state index contributed by atoms with van der Waals surface area (Å²) in [6.45, 7) is 4.05. The summed E-state index contributed by atoms with van der Waals surface area (Å²) in [5, 5.41) is 7.73. The first kappa shape index (κ1) is 17.2. The molecule has 3 rings (SSSR count). The van der Waals surface area contributed by atoms with Crippen molar-refractivity contribution in [3.63, 3.8) is 0 Å². The van der Waals surface area contributed by atoms with Gasteiger partial charge in [-0.3, -0.25) is 4.79 Å². The third-order valence-corrected chi connectivity index (χ3v) is 4.18. The SMILES string of the molecule is CC(C)[C@@H](C(=O)Nc1ccc(-n2cccn2)nc1)c1ccc(Cl)cc1. The molecule has 1 aromatic carbocycles. The average molecular weight is 355 g/mol. The highest BCUT2D eigenvalue weighted by molar-refractivity contribution is 6.30. The number of hydrogen-bond acceptors (Lipinski definition) is 3. The second kappa shape index (κ2) is 7.49. The van der Waals surface area contributed by atoms with Crippen molar-refractivity contribution >= 4 is 23.2 Å². The minimum atomic E-state index is -0.261. The molecule has 1 amide bonds. The van der Waals surface area contributed by atoms with E-state index in [0.29, 0.717) is 16.5 Å². The topological polar surface area (TPSA) is 59.8 Å². The van der Waals surface area contributed by atoms with Crippen molar-refractivity contribution in [1.82, 2.24) is 14.8 Å². The number of anilines is 1. The number of nitrogens with zero attached hydrogens (tertiary/aromatic N) is 3. The number of pyridine rings is 1. The van der Waals surface area contributed by atoms with Crippen molar-refractivity contribution in [3.8, 4) is 5.82 Å². The summed E-state index contributed by atoms with van der Waals surface area (Å²) < 4.78 is 1.66. The summed E-state index contributed by atoms with van der Waals surface area (Å²) in [4.78, 5) is 17.1. The van der Waals surface area contributed by atoms with E-state index >= 15 is 0 Å². The number of benzene rings is 1. The van der Waals surface area contributed by atoms with Crippen LogP contribution in [-0.4, -0.2) is 20.7 Å². The third-order valence-electron chi connectivity index (χ3n) is 3.93. The van der Waals surface area contributed by atoms with Crippen LogP contribution >= 0.6 is 11.6 Å². The molecule has 1 atom stereocenters. The van der Waals surface area contributed by atoms with Gasteiger partial charge in [0.25, 0.3) is 0 Å². The van der Waals surface area contributed by atoms with E-state index in [1.54, 1.807) is 29.2 Å². The van der Waals surface area contributed by atoms with Gasteiger partial charge in [-0.05, 0) is 41.8 Å². The maximum absolute atomic E-state index is 12.8. The number of carbonyl (C=O) groups excluding carboxylic acids is 1. The summed E-state index contributed by atoms with van der Waals surface area (Å²) in [6, 6.07) is 12.9. The zero-order chi connectivity index (χ0) is 17.8. The number of halogens is 1. The molecule has 2 heterocycles. The Morgan fingerprint density at radius 2 is 1.92 bits per heavy atom. The maximum Gasteiger partial charge on any atom is 0.232 e. The molecule has 128 valence electrons. The van der Waals surface area contributed by atoms with E-state index < -0.39 is 0 Å². The Kier molecular flexibility index (Phi) is 5.14. The lowest BCUT2D eigenvalue weighted by atomic mass is 9.87. The van der Waals surface area contributed by atoms with Gasteiger partial charge in [-0.15, -0.1) is 0 Å². The first-order valence-corrected chi connectivity index (χ1v) is 8.45. The number of amides is 1. The number of hydrogen-bond donors (Lipinski definition) is 1. The first-order valence-electron chi connectivity index (χ1n) is 8.07. The lowest BCUT2D eigenvalue weighted by molar-refractivity contribution is -0.118. The van der Waals surface area contributed by atoms with Crippen LogP contribution in [0, 0.1) is 5.92 Å². The van der Waals surface area contributed by atoms with Gasteiger partial charge in [-0.1, -0.05) is 37.6 Å². The zero-order valence-corrected chi connectivity index (χ0v) is 14.8. The van der Waals surface area contributed by atoms with Crippen molar-refractivity contribution in [1.29, 1.82) is 0 Å². The molecule has 3 aromatic rings. The Morgan fingerprint density at radius 3 is 2.48 bits per heavy atom. The highest BCUT2D eigenvalue weighted by atomic mass is 35.5. The largest absolute Gasteiger partial charge is 0.324 e. The van der Waals surface area contributed by atoms with Gasteiger partial charge in [0.15, 0.2) is 5.82 Å². The lowest BCUT2D eigenvalue weighted by Gasteiger charge is -2.21. The Morgan fingerprint density at radius 1 is 1.16 bits per heavy atom. The summed E-state index contributed by atoms with van der Waals surface area (Å²) in [6.07, 6.45) is 5.14. The van der Waals surface area contributed by atoms with Crippen LogP contribution < -0.4 is 5.32 Å².